The summed E-state index contributed by atoms with van der Waals surface area (Å²) in [6.07, 6.45) is 5.42. The van der Waals surface area contributed by atoms with Crippen molar-refractivity contribution < 1.29 is 14.3 Å². The second-order valence-electron chi connectivity index (χ2n) is 9.46. The maximum atomic E-state index is 13.6. The van der Waals surface area contributed by atoms with E-state index < -0.39 is 0 Å². The Labute approximate surface area is 212 Å². The van der Waals surface area contributed by atoms with Crippen molar-refractivity contribution >= 4 is 39.3 Å². The molecule has 186 valence electrons. The lowest BCUT2D eigenvalue weighted by molar-refractivity contribution is 0.0675. The van der Waals surface area contributed by atoms with Crippen molar-refractivity contribution in [2.75, 3.05) is 26.3 Å². The zero-order valence-corrected chi connectivity index (χ0v) is 20.6. The van der Waals surface area contributed by atoms with Gasteiger partial charge in [-0.15, -0.1) is 0 Å². The molecular formula is C26H26ClN5O4. The Morgan fingerprint density at radius 2 is 2.00 bits per heavy atom. The number of rotatable bonds is 4. The number of aromatic nitrogens is 4. The van der Waals surface area contributed by atoms with Crippen LogP contribution in [0, 0.1) is 6.92 Å². The van der Waals surface area contributed by atoms with Crippen LogP contribution < -0.4 is 10.3 Å². The highest BCUT2D eigenvalue weighted by Crippen LogP contribution is 2.30. The number of nitrogens with one attached hydrogen (secondary N) is 1. The fraction of sp³-hybridized carbons (Fsp3) is 0.385. The van der Waals surface area contributed by atoms with Gasteiger partial charge in [0, 0.05) is 49.4 Å². The molecule has 6 rings (SSSR count). The van der Waals surface area contributed by atoms with Gasteiger partial charge in [0.05, 0.1) is 40.2 Å². The third-order valence-corrected chi connectivity index (χ3v) is 7.32. The van der Waals surface area contributed by atoms with Crippen LogP contribution in [0.15, 0.2) is 41.5 Å². The SMILES string of the molecule is Cc1cc2[nH]c(=O)c3cnn(C4CCOCC4)c3c2cc1C(=O)N1CC[C@H](Oc2ccc(Cl)cn2)C1. The summed E-state index contributed by atoms with van der Waals surface area (Å²) in [5, 5.41) is 6.47. The van der Waals surface area contributed by atoms with Gasteiger partial charge in [-0.25, -0.2) is 4.98 Å². The van der Waals surface area contributed by atoms with E-state index in [-0.39, 0.29) is 23.6 Å². The second-order valence-corrected chi connectivity index (χ2v) is 9.89. The number of ether oxygens (including phenoxy) is 2. The van der Waals surface area contributed by atoms with Gasteiger partial charge in [-0.1, -0.05) is 11.6 Å². The number of halogens is 1. The largest absolute Gasteiger partial charge is 0.472 e. The maximum absolute atomic E-state index is 13.6. The average Bonchev–Trinajstić information content (AvgIpc) is 3.54. The molecule has 0 radical (unpaired) electrons. The number of pyridine rings is 2. The normalized spacial score (nSPS) is 18.8. The molecule has 9 nitrogen and oxygen atoms in total. The van der Waals surface area contributed by atoms with Crippen molar-refractivity contribution in [2.45, 2.75) is 38.3 Å². The number of benzene rings is 1. The van der Waals surface area contributed by atoms with E-state index in [1.54, 1.807) is 24.5 Å². The zero-order valence-electron chi connectivity index (χ0n) is 19.9. The van der Waals surface area contributed by atoms with E-state index in [4.69, 9.17) is 21.1 Å². The average molecular weight is 508 g/mol. The molecule has 36 heavy (non-hydrogen) atoms. The number of amides is 1. The number of hydrogen-bond donors (Lipinski definition) is 1. The molecule has 3 aromatic heterocycles. The Balaban J connectivity index is 1.33. The Morgan fingerprint density at radius 1 is 1.17 bits per heavy atom. The number of aromatic amines is 1. The highest BCUT2D eigenvalue weighted by atomic mass is 35.5. The molecule has 1 aromatic carbocycles. The van der Waals surface area contributed by atoms with E-state index in [0.717, 1.165) is 35.7 Å². The lowest BCUT2D eigenvalue weighted by atomic mass is 10.0. The number of likely N-dealkylation sites (tertiary alicyclic amines) is 1. The smallest absolute Gasteiger partial charge is 0.259 e. The molecule has 10 heteroatoms. The number of carbonyl (C=O) groups is 1. The molecule has 0 unspecified atom stereocenters. The highest BCUT2D eigenvalue weighted by molar-refractivity contribution is 6.30. The van der Waals surface area contributed by atoms with Crippen molar-refractivity contribution in [3.05, 3.63) is 63.2 Å². The molecule has 1 amide bonds. The first-order valence-corrected chi connectivity index (χ1v) is 12.5. The summed E-state index contributed by atoms with van der Waals surface area (Å²) in [5.74, 6) is 0.439. The minimum atomic E-state index is -0.176. The van der Waals surface area contributed by atoms with Gasteiger partial charge in [-0.3, -0.25) is 14.3 Å². The Bertz CT molecular complexity index is 1510. The van der Waals surface area contributed by atoms with Gasteiger partial charge in [0.1, 0.15) is 6.10 Å². The number of carbonyl (C=O) groups excluding carboxylic acids is 1. The van der Waals surface area contributed by atoms with E-state index >= 15 is 0 Å². The first-order valence-electron chi connectivity index (χ1n) is 12.2. The van der Waals surface area contributed by atoms with Crippen LogP contribution in [0.4, 0.5) is 0 Å². The molecular weight excluding hydrogens is 482 g/mol. The van der Waals surface area contributed by atoms with Crippen LogP contribution in [-0.4, -0.2) is 63.0 Å². The van der Waals surface area contributed by atoms with Crippen molar-refractivity contribution in [3.8, 4) is 5.88 Å². The van der Waals surface area contributed by atoms with E-state index in [9.17, 15) is 9.59 Å². The van der Waals surface area contributed by atoms with Gasteiger partial charge in [-0.2, -0.15) is 5.10 Å². The van der Waals surface area contributed by atoms with Crippen LogP contribution in [0.25, 0.3) is 21.8 Å². The van der Waals surface area contributed by atoms with E-state index in [1.807, 2.05) is 28.6 Å². The fourth-order valence-corrected chi connectivity index (χ4v) is 5.32. The third-order valence-electron chi connectivity index (χ3n) is 7.09. The van der Waals surface area contributed by atoms with Crippen LogP contribution in [-0.2, 0) is 4.74 Å². The third kappa shape index (κ3) is 4.12. The monoisotopic (exact) mass is 507 g/mol. The van der Waals surface area contributed by atoms with E-state index in [1.165, 1.54) is 0 Å². The predicted molar refractivity (Wildman–Crippen MR) is 136 cm³/mol. The lowest BCUT2D eigenvalue weighted by Gasteiger charge is -2.23. The minimum absolute atomic E-state index is 0.0546. The summed E-state index contributed by atoms with van der Waals surface area (Å²) in [6, 6.07) is 7.40. The number of aryl methyl sites for hydroxylation is 1. The molecule has 0 aliphatic carbocycles. The van der Waals surface area contributed by atoms with Crippen LogP contribution in [0.3, 0.4) is 0 Å². The topological polar surface area (TPSA) is 102 Å². The first kappa shape index (κ1) is 23.0. The molecule has 0 bridgehead atoms. The van der Waals surface area contributed by atoms with Crippen molar-refractivity contribution in [2.24, 2.45) is 0 Å². The molecule has 4 aromatic rings. The summed E-state index contributed by atoms with van der Waals surface area (Å²) in [4.78, 5) is 35.4. The molecule has 2 aliphatic heterocycles. The number of hydrogen-bond acceptors (Lipinski definition) is 6. The summed E-state index contributed by atoms with van der Waals surface area (Å²) in [7, 11) is 0. The Hall–Kier alpha value is -3.43. The molecule has 0 spiro atoms. The summed E-state index contributed by atoms with van der Waals surface area (Å²) in [6.45, 7) is 4.29. The van der Waals surface area contributed by atoms with Crippen LogP contribution in [0.5, 0.6) is 5.88 Å². The van der Waals surface area contributed by atoms with Crippen molar-refractivity contribution in [1.82, 2.24) is 24.6 Å². The summed E-state index contributed by atoms with van der Waals surface area (Å²) < 4.78 is 13.4. The zero-order chi connectivity index (χ0) is 24.8. The van der Waals surface area contributed by atoms with Gasteiger partial charge in [0.2, 0.25) is 5.88 Å². The standard InChI is InChI=1S/C26H26ClN5O4/c1-15-10-22-20(24-21(25(33)30-22)13-29-32(24)17-5-8-35-9-6-17)11-19(15)26(34)31-7-4-18(14-31)36-23-3-2-16(27)12-28-23/h2-3,10-13,17-18H,4-9,14H2,1H3,(H,30,33)/t18-/m0/s1. The van der Waals surface area contributed by atoms with Gasteiger partial charge in [-0.05, 0) is 43.5 Å². The molecule has 0 saturated carbocycles. The molecule has 2 saturated heterocycles. The predicted octanol–water partition coefficient (Wildman–Crippen LogP) is 3.88. The number of fused-ring (bicyclic) bond motifs is 3. The Kier molecular flexibility index (Phi) is 5.89. The molecule has 2 fully saturated rings. The van der Waals surface area contributed by atoms with E-state index in [0.29, 0.717) is 53.7 Å². The highest BCUT2D eigenvalue weighted by Gasteiger charge is 2.30. The molecule has 1 N–H and O–H groups in total. The van der Waals surface area contributed by atoms with Crippen LogP contribution in [0.1, 0.15) is 41.2 Å². The van der Waals surface area contributed by atoms with E-state index in [2.05, 4.69) is 15.1 Å². The lowest BCUT2D eigenvalue weighted by Crippen LogP contribution is -2.31. The second kappa shape index (κ2) is 9.22. The van der Waals surface area contributed by atoms with Crippen LogP contribution >= 0.6 is 11.6 Å². The van der Waals surface area contributed by atoms with Gasteiger partial charge in [0.15, 0.2) is 0 Å². The van der Waals surface area contributed by atoms with Crippen LogP contribution in [0.2, 0.25) is 5.02 Å². The summed E-state index contributed by atoms with van der Waals surface area (Å²) >= 11 is 5.91. The molecule has 1 atom stereocenters. The Morgan fingerprint density at radius 3 is 2.78 bits per heavy atom. The number of H-pyrrole nitrogens is 1. The minimum Gasteiger partial charge on any atom is -0.472 e. The van der Waals surface area contributed by atoms with Gasteiger partial charge >= 0.3 is 0 Å². The van der Waals surface area contributed by atoms with Gasteiger partial charge in [0.25, 0.3) is 11.5 Å². The molecule has 5 heterocycles. The van der Waals surface area contributed by atoms with Gasteiger partial charge < -0.3 is 19.4 Å². The fourth-order valence-electron chi connectivity index (χ4n) is 5.21. The quantitative estimate of drug-likeness (QED) is 0.449. The molecule has 2 aliphatic rings. The summed E-state index contributed by atoms with van der Waals surface area (Å²) in [5.41, 5.74) is 2.71. The van der Waals surface area contributed by atoms with Crippen molar-refractivity contribution in [3.63, 3.8) is 0 Å². The first-order chi connectivity index (χ1) is 17.5. The number of nitrogens with zero attached hydrogens (tertiary/aromatic N) is 4. The van der Waals surface area contributed by atoms with Crippen molar-refractivity contribution in [1.29, 1.82) is 0 Å². The maximum Gasteiger partial charge on any atom is 0.259 e.